The van der Waals surface area contributed by atoms with Crippen LogP contribution in [0, 0.1) is 0 Å². The molecule has 2 heterocycles. The van der Waals surface area contributed by atoms with Gasteiger partial charge >= 0.3 is 0 Å². The van der Waals surface area contributed by atoms with Gasteiger partial charge in [0.15, 0.2) is 0 Å². The predicted octanol–water partition coefficient (Wildman–Crippen LogP) is 1.04. The Morgan fingerprint density at radius 3 is 2.36 bits per heavy atom. The lowest BCUT2D eigenvalue weighted by Gasteiger charge is -2.33. The summed E-state index contributed by atoms with van der Waals surface area (Å²) in [6.07, 6.45) is 4.90. The average molecular weight is 298 g/mol. The second-order valence-electron chi connectivity index (χ2n) is 5.79. The van der Waals surface area contributed by atoms with Gasteiger partial charge in [-0.1, -0.05) is 0 Å². The van der Waals surface area contributed by atoms with E-state index in [0.29, 0.717) is 0 Å². The maximum atomic E-state index is 5.22. The third-order valence-corrected chi connectivity index (χ3v) is 4.42. The molecule has 3 rings (SSSR count). The van der Waals surface area contributed by atoms with Crippen LogP contribution in [0.25, 0.3) is 0 Å². The summed E-state index contributed by atoms with van der Waals surface area (Å²) in [4.78, 5) is 8.24. The molecule has 1 N–H and O–H groups in total. The highest BCUT2D eigenvalue weighted by Crippen LogP contribution is 2.18. The first-order chi connectivity index (χ1) is 10.8. The van der Waals surface area contributed by atoms with E-state index in [1.165, 1.54) is 30.9 Å². The Kier molecular flexibility index (Phi) is 4.91. The van der Waals surface area contributed by atoms with Crippen LogP contribution in [-0.2, 0) is 6.42 Å². The van der Waals surface area contributed by atoms with Gasteiger partial charge in [0.25, 0.3) is 0 Å². The number of benzene rings is 1. The fourth-order valence-corrected chi connectivity index (χ4v) is 2.99. The van der Waals surface area contributed by atoms with Crippen molar-refractivity contribution in [2.75, 3.05) is 44.7 Å². The maximum absolute atomic E-state index is 5.22. The van der Waals surface area contributed by atoms with E-state index in [-0.39, 0.29) is 0 Å². The van der Waals surface area contributed by atoms with Crippen molar-refractivity contribution in [3.05, 3.63) is 54.4 Å². The van der Waals surface area contributed by atoms with Gasteiger partial charge in [-0.05, 0) is 42.0 Å². The lowest BCUT2D eigenvalue weighted by molar-refractivity contribution is -0.900. The number of hydrogen-bond donors (Lipinski definition) is 1. The maximum Gasteiger partial charge on any atom is 0.119 e. The van der Waals surface area contributed by atoms with E-state index in [1.807, 2.05) is 24.5 Å². The fraction of sp³-hybridized carbons (Fsp3) is 0.389. The van der Waals surface area contributed by atoms with Crippen molar-refractivity contribution in [1.82, 2.24) is 4.98 Å². The molecule has 1 aromatic carbocycles. The smallest absolute Gasteiger partial charge is 0.119 e. The molecule has 0 bridgehead atoms. The molecule has 4 heteroatoms. The topological polar surface area (TPSA) is 29.8 Å². The van der Waals surface area contributed by atoms with Crippen LogP contribution in [0.5, 0.6) is 5.75 Å². The lowest BCUT2D eigenvalue weighted by Crippen LogP contribution is -3.15. The van der Waals surface area contributed by atoms with E-state index in [1.54, 1.807) is 12.0 Å². The van der Waals surface area contributed by atoms with Crippen molar-refractivity contribution >= 4 is 5.69 Å². The summed E-state index contributed by atoms with van der Waals surface area (Å²) >= 11 is 0. The van der Waals surface area contributed by atoms with Gasteiger partial charge < -0.3 is 14.5 Å². The minimum atomic E-state index is 0.922. The van der Waals surface area contributed by atoms with Crippen molar-refractivity contribution in [3.8, 4) is 5.75 Å². The Balaban J connectivity index is 1.47. The van der Waals surface area contributed by atoms with Crippen molar-refractivity contribution in [2.45, 2.75) is 6.42 Å². The average Bonchev–Trinajstić information content (AvgIpc) is 2.61. The van der Waals surface area contributed by atoms with Crippen molar-refractivity contribution < 1.29 is 9.64 Å². The van der Waals surface area contributed by atoms with Gasteiger partial charge in [-0.25, -0.2) is 0 Å². The number of aromatic nitrogens is 1. The van der Waals surface area contributed by atoms with E-state index in [9.17, 15) is 0 Å². The first-order valence-corrected chi connectivity index (χ1v) is 7.96. The first-order valence-electron chi connectivity index (χ1n) is 7.96. The molecule has 0 spiro atoms. The zero-order valence-corrected chi connectivity index (χ0v) is 13.2. The molecule has 0 amide bonds. The van der Waals surface area contributed by atoms with Crippen LogP contribution in [-0.4, -0.2) is 44.8 Å². The summed E-state index contributed by atoms with van der Waals surface area (Å²) in [6, 6.07) is 12.6. The molecule has 116 valence electrons. The quantitative estimate of drug-likeness (QED) is 0.894. The Morgan fingerprint density at radius 2 is 1.73 bits per heavy atom. The zero-order valence-electron chi connectivity index (χ0n) is 13.2. The minimum Gasteiger partial charge on any atom is -0.497 e. The van der Waals surface area contributed by atoms with Gasteiger partial charge in [0, 0.05) is 24.5 Å². The summed E-state index contributed by atoms with van der Waals surface area (Å²) in [5.41, 5.74) is 2.69. The van der Waals surface area contributed by atoms with Crippen LogP contribution < -0.4 is 14.5 Å². The number of rotatable bonds is 5. The highest BCUT2D eigenvalue weighted by atomic mass is 16.5. The largest absolute Gasteiger partial charge is 0.497 e. The van der Waals surface area contributed by atoms with Crippen LogP contribution in [0.3, 0.4) is 0 Å². The molecule has 22 heavy (non-hydrogen) atoms. The summed E-state index contributed by atoms with van der Waals surface area (Å²) in [7, 11) is 1.71. The van der Waals surface area contributed by atoms with Gasteiger partial charge in [0.2, 0.25) is 0 Å². The SMILES string of the molecule is COc1ccc(N2CC[NH+](CCc3ccncc3)CC2)cc1. The second-order valence-corrected chi connectivity index (χ2v) is 5.79. The van der Waals surface area contributed by atoms with Crippen LogP contribution in [0.15, 0.2) is 48.8 Å². The number of methoxy groups -OCH3 is 1. The van der Waals surface area contributed by atoms with Gasteiger partial charge in [-0.2, -0.15) is 0 Å². The summed E-state index contributed by atoms with van der Waals surface area (Å²) in [5, 5.41) is 0. The highest BCUT2D eigenvalue weighted by Gasteiger charge is 2.19. The van der Waals surface area contributed by atoms with Gasteiger partial charge in [0.05, 0.1) is 39.8 Å². The molecule has 1 aromatic heterocycles. The standard InChI is InChI=1S/C18H23N3O/c1-22-18-4-2-17(3-5-18)21-14-12-20(13-15-21)11-8-16-6-9-19-10-7-16/h2-7,9-10H,8,11-15H2,1H3/p+1. The van der Waals surface area contributed by atoms with Crippen LogP contribution in [0.1, 0.15) is 5.56 Å². The Hall–Kier alpha value is -2.07. The lowest BCUT2D eigenvalue weighted by atomic mass is 10.2. The monoisotopic (exact) mass is 298 g/mol. The van der Waals surface area contributed by atoms with Crippen LogP contribution >= 0.6 is 0 Å². The molecule has 1 fully saturated rings. The van der Waals surface area contributed by atoms with E-state index >= 15 is 0 Å². The van der Waals surface area contributed by atoms with Crippen molar-refractivity contribution in [1.29, 1.82) is 0 Å². The molecule has 0 radical (unpaired) electrons. The van der Waals surface area contributed by atoms with E-state index < -0.39 is 0 Å². The van der Waals surface area contributed by atoms with Crippen LogP contribution in [0.2, 0.25) is 0 Å². The molecule has 1 aliphatic rings. The number of pyridine rings is 1. The zero-order chi connectivity index (χ0) is 15.2. The number of hydrogen-bond acceptors (Lipinski definition) is 3. The number of quaternary nitrogens is 1. The van der Waals surface area contributed by atoms with E-state index in [0.717, 1.165) is 25.3 Å². The van der Waals surface area contributed by atoms with E-state index in [4.69, 9.17) is 4.74 Å². The molecule has 2 aromatic rings. The third kappa shape index (κ3) is 3.77. The number of nitrogens with one attached hydrogen (secondary N) is 1. The fourth-order valence-electron chi connectivity index (χ4n) is 2.99. The summed E-state index contributed by atoms with van der Waals surface area (Å²) in [5.74, 6) is 0.922. The molecule has 1 aliphatic heterocycles. The predicted molar refractivity (Wildman–Crippen MR) is 88.7 cm³/mol. The number of anilines is 1. The Labute approximate surface area is 132 Å². The van der Waals surface area contributed by atoms with Crippen LogP contribution in [0.4, 0.5) is 5.69 Å². The van der Waals surface area contributed by atoms with Gasteiger partial charge in [-0.15, -0.1) is 0 Å². The van der Waals surface area contributed by atoms with Gasteiger partial charge in [-0.3, -0.25) is 4.98 Å². The summed E-state index contributed by atoms with van der Waals surface area (Å²) in [6.45, 7) is 5.87. The van der Waals surface area contributed by atoms with E-state index in [2.05, 4.69) is 34.1 Å². The summed E-state index contributed by atoms with van der Waals surface area (Å²) < 4.78 is 5.22. The first kappa shape index (κ1) is 14.9. The number of nitrogens with zero attached hydrogens (tertiary/aromatic N) is 2. The van der Waals surface area contributed by atoms with Crippen molar-refractivity contribution in [2.24, 2.45) is 0 Å². The molecule has 1 saturated heterocycles. The molecular weight excluding hydrogens is 274 g/mol. The number of ether oxygens (including phenoxy) is 1. The second kappa shape index (κ2) is 7.27. The Bertz CT molecular complexity index is 563. The molecule has 0 unspecified atom stereocenters. The molecule has 4 nitrogen and oxygen atoms in total. The Morgan fingerprint density at radius 1 is 1.05 bits per heavy atom. The molecule has 0 atom stereocenters. The minimum absolute atomic E-state index is 0.922. The number of piperazine rings is 1. The molecule has 0 saturated carbocycles. The molecule has 0 aliphatic carbocycles. The van der Waals surface area contributed by atoms with Crippen molar-refractivity contribution in [3.63, 3.8) is 0 Å². The third-order valence-electron chi connectivity index (χ3n) is 4.42. The van der Waals surface area contributed by atoms with Gasteiger partial charge in [0.1, 0.15) is 5.75 Å². The normalized spacial score (nSPS) is 15.8. The highest BCUT2D eigenvalue weighted by molar-refractivity contribution is 5.49. The molecular formula is C18H24N3O+.